The Morgan fingerprint density at radius 3 is 2.77 bits per heavy atom. The van der Waals surface area contributed by atoms with Crippen LogP contribution in [0.25, 0.3) is 0 Å². The molecule has 0 bridgehead atoms. The highest BCUT2D eigenvalue weighted by atomic mass is 16.2. The summed E-state index contributed by atoms with van der Waals surface area (Å²) in [6, 6.07) is 5.46. The van der Waals surface area contributed by atoms with E-state index in [-0.39, 0.29) is 18.5 Å². The standard InChI is InChI=1S/C16H24N4O2/c1-20(10-8-14-7-2-3-9-17-14)15(21)12-19-16(22)18-11-13-5-4-6-13/h2-3,7,9,13H,4-6,8,10-12H2,1H3,(H2,18,19,22). The maximum atomic E-state index is 11.9. The Kier molecular flexibility index (Phi) is 6.18. The predicted octanol–water partition coefficient (Wildman–Crippen LogP) is 1.18. The molecule has 0 saturated heterocycles. The van der Waals surface area contributed by atoms with E-state index in [0.29, 0.717) is 25.4 Å². The van der Waals surface area contributed by atoms with Crippen molar-refractivity contribution in [2.45, 2.75) is 25.7 Å². The zero-order valence-corrected chi connectivity index (χ0v) is 13.0. The Hall–Kier alpha value is -2.11. The van der Waals surface area contributed by atoms with Gasteiger partial charge in [-0.25, -0.2) is 4.79 Å². The molecule has 0 atom stereocenters. The van der Waals surface area contributed by atoms with E-state index in [1.54, 1.807) is 18.1 Å². The normalized spacial score (nSPS) is 14.0. The second-order valence-corrected chi connectivity index (χ2v) is 5.75. The van der Waals surface area contributed by atoms with E-state index < -0.39 is 0 Å². The van der Waals surface area contributed by atoms with E-state index >= 15 is 0 Å². The highest BCUT2D eigenvalue weighted by Crippen LogP contribution is 2.24. The molecule has 0 unspecified atom stereocenters. The fourth-order valence-electron chi connectivity index (χ4n) is 2.24. The van der Waals surface area contributed by atoms with Gasteiger partial charge in [0, 0.05) is 38.4 Å². The van der Waals surface area contributed by atoms with Gasteiger partial charge in [0.1, 0.15) is 0 Å². The molecule has 0 aromatic carbocycles. The number of aromatic nitrogens is 1. The van der Waals surface area contributed by atoms with Crippen molar-refractivity contribution >= 4 is 11.9 Å². The number of hydrogen-bond acceptors (Lipinski definition) is 3. The van der Waals surface area contributed by atoms with Crippen LogP contribution in [-0.4, -0.2) is 48.5 Å². The maximum absolute atomic E-state index is 11.9. The Morgan fingerprint density at radius 1 is 1.32 bits per heavy atom. The summed E-state index contributed by atoms with van der Waals surface area (Å²) in [7, 11) is 1.74. The molecule has 1 heterocycles. The number of carbonyl (C=O) groups excluding carboxylic acids is 2. The number of amides is 3. The van der Waals surface area contributed by atoms with E-state index in [4.69, 9.17) is 0 Å². The fourth-order valence-corrected chi connectivity index (χ4v) is 2.24. The molecule has 6 heteroatoms. The minimum absolute atomic E-state index is 0.0230. The summed E-state index contributed by atoms with van der Waals surface area (Å²) >= 11 is 0. The molecule has 1 aromatic heterocycles. The van der Waals surface area contributed by atoms with Crippen molar-refractivity contribution in [1.29, 1.82) is 0 Å². The van der Waals surface area contributed by atoms with E-state index in [0.717, 1.165) is 5.69 Å². The molecule has 3 amide bonds. The van der Waals surface area contributed by atoms with Gasteiger partial charge in [-0.1, -0.05) is 12.5 Å². The molecule has 0 aliphatic heterocycles. The van der Waals surface area contributed by atoms with Crippen molar-refractivity contribution in [1.82, 2.24) is 20.5 Å². The third-order valence-electron chi connectivity index (χ3n) is 4.03. The van der Waals surface area contributed by atoms with Gasteiger partial charge >= 0.3 is 6.03 Å². The Bertz CT molecular complexity index is 488. The SMILES string of the molecule is CN(CCc1ccccn1)C(=O)CNC(=O)NCC1CCC1. The highest BCUT2D eigenvalue weighted by molar-refractivity contribution is 5.83. The van der Waals surface area contributed by atoms with Crippen LogP contribution in [0.4, 0.5) is 4.79 Å². The van der Waals surface area contributed by atoms with Crippen molar-refractivity contribution in [2.24, 2.45) is 5.92 Å². The summed E-state index contributed by atoms with van der Waals surface area (Å²) in [6.45, 7) is 1.31. The molecular weight excluding hydrogens is 280 g/mol. The highest BCUT2D eigenvalue weighted by Gasteiger charge is 2.18. The fraction of sp³-hybridized carbons (Fsp3) is 0.562. The number of pyridine rings is 1. The number of nitrogens with zero attached hydrogens (tertiary/aromatic N) is 2. The number of carbonyl (C=O) groups is 2. The first-order chi connectivity index (χ1) is 10.6. The monoisotopic (exact) mass is 304 g/mol. The zero-order valence-electron chi connectivity index (χ0n) is 13.0. The molecular formula is C16H24N4O2. The van der Waals surface area contributed by atoms with Gasteiger partial charge in [0.25, 0.3) is 0 Å². The molecule has 2 rings (SSSR count). The van der Waals surface area contributed by atoms with Crippen molar-refractivity contribution in [3.63, 3.8) is 0 Å². The third kappa shape index (κ3) is 5.35. The summed E-state index contributed by atoms with van der Waals surface area (Å²) in [6.07, 6.45) is 6.08. The van der Waals surface area contributed by atoms with Crippen LogP contribution in [0.3, 0.4) is 0 Å². The van der Waals surface area contributed by atoms with Gasteiger partial charge in [0.2, 0.25) is 5.91 Å². The summed E-state index contributed by atoms with van der Waals surface area (Å²) < 4.78 is 0. The molecule has 22 heavy (non-hydrogen) atoms. The van der Waals surface area contributed by atoms with Gasteiger partial charge < -0.3 is 15.5 Å². The first-order valence-corrected chi connectivity index (χ1v) is 7.80. The number of likely N-dealkylation sites (N-methyl/N-ethyl adjacent to an activating group) is 1. The number of urea groups is 1. The summed E-state index contributed by atoms with van der Waals surface area (Å²) in [5.74, 6) is 0.511. The van der Waals surface area contributed by atoms with Crippen LogP contribution in [0, 0.1) is 5.92 Å². The second kappa shape index (κ2) is 8.36. The second-order valence-electron chi connectivity index (χ2n) is 5.75. The lowest BCUT2D eigenvalue weighted by Gasteiger charge is -2.25. The molecule has 1 aliphatic rings. The van der Waals surface area contributed by atoms with Crippen LogP contribution in [0.2, 0.25) is 0 Å². The van der Waals surface area contributed by atoms with E-state index in [9.17, 15) is 9.59 Å². The molecule has 6 nitrogen and oxygen atoms in total. The van der Waals surface area contributed by atoms with Crippen molar-refractivity contribution in [3.05, 3.63) is 30.1 Å². The van der Waals surface area contributed by atoms with E-state index in [2.05, 4.69) is 15.6 Å². The van der Waals surface area contributed by atoms with Crippen molar-refractivity contribution < 1.29 is 9.59 Å². The minimum atomic E-state index is -0.265. The van der Waals surface area contributed by atoms with Crippen molar-refractivity contribution in [3.8, 4) is 0 Å². The average molecular weight is 304 g/mol. The zero-order chi connectivity index (χ0) is 15.8. The topological polar surface area (TPSA) is 74.3 Å². The Balaban J connectivity index is 1.60. The molecule has 1 fully saturated rings. The lowest BCUT2D eigenvalue weighted by atomic mass is 9.85. The Morgan fingerprint density at radius 2 is 2.14 bits per heavy atom. The van der Waals surface area contributed by atoms with Gasteiger partial charge in [0.15, 0.2) is 0 Å². The van der Waals surface area contributed by atoms with Crippen LogP contribution in [0.5, 0.6) is 0 Å². The minimum Gasteiger partial charge on any atom is -0.344 e. The first kappa shape index (κ1) is 16.3. The largest absolute Gasteiger partial charge is 0.344 e. The smallest absolute Gasteiger partial charge is 0.315 e. The van der Waals surface area contributed by atoms with Crippen molar-refractivity contribution in [2.75, 3.05) is 26.7 Å². The molecule has 0 spiro atoms. The van der Waals surface area contributed by atoms with Crippen LogP contribution in [0.15, 0.2) is 24.4 Å². The van der Waals surface area contributed by atoms with Gasteiger partial charge in [0.05, 0.1) is 6.54 Å². The number of hydrogen-bond donors (Lipinski definition) is 2. The summed E-state index contributed by atoms with van der Waals surface area (Å²) in [4.78, 5) is 29.4. The third-order valence-corrected chi connectivity index (χ3v) is 4.03. The molecule has 120 valence electrons. The van der Waals surface area contributed by atoms with Crippen LogP contribution in [-0.2, 0) is 11.2 Å². The van der Waals surface area contributed by atoms with Gasteiger partial charge in [-0.05, 0) is 30.9 Å². The molecule has 1 aliphatic carbocycles. The molecule has 2 N–H and O–H groups in total. The predicted molar refractivity (Wildman–Crippen MR) is 84.3 cm³/mol. The first-order valence-electron chi connectivity index (χ1n) is 7.80. The quantitative estimate of drug-likeness (QED) is 0.794. The summed E-state index contributed by atoms with van der Waals surface area (Å²) in [5.41, 5.74) is 0.952. The summed E-state index contributed by atoms with van der Waals surface area (Å²) in [5, 5.41) is 5.41. The van der Waals surface area contributed by atoms with Crippen LogP contribution in [0.1, 0.15) is 25.0 Å². The Labute approximate surface area is 131 Å². The lowest BCUT2D eigenvalue weighted by Crippen LogP contribution is -2.44. The van der Waals surface area contributed by atoms with Crippen LogP contribution < -0.4 is 10.6 Å². The van der Waals surface area contributed by atoms with Gasteiger partial charge in [-0.15, -0.1) is 0 Å². The van der Waals surface area contributed by atoms with E-state index in [1.807, 2.05) is 18.2 Å². The maximum Gasteiger partial charge on any atom is 0.315 e. The lowest BCUT2D eigenvalue weighted by molar-refractivity contribution is -0.128. The molecule has 0 radical (unpaired) electrons. The average Bonchev–Trinajstić information content (AvgIpc) is 2.49. The number of rotatable bonds is 7. The molecule has 1 saturated carbocycles. The number of nitrogens with one attached hydrogen (secondary N) is 2. The van der Waals surface area contributed by atoms with Gasteiger partial charge in [-0.3, -0.25) is 9.78 Å². The molecule has 1 aromatic rings. The van der Waals surface area contributed by atoms with E-state index in [1.165, 1.54) is 19.3 Å². The van der Waals surface area contributed by atoms with Crippen LogP contribution >= 0.6 is 0 Å². The van der Waals surface area contributed by atoms with Gasteiger partial charge in [-0.2, -0.15) is 0 Å².